The summed E-state index contributed by atoms with van der Waals surface area (Å²) in [7, 11) is 0. The average Bonchev–Trinajstić information content (AvgIpc) is 2.82. The highest BCUT2D eigenvalue weighted by Crippen LogP contribution is 2.26. The van der Waals surface area contributed by atoms with Crippen molar-refractivity contribution >= 4 is 5.96 Å². The van der Waals surface area contributed by atoms with Crippen molar-refractivity contribution in [3.63, 3.8) is 0 Å². The van der Waals surface area contributed by atoms with Crippen molar-refractivity contribution in [1.82, 2.24) is 10.2 Å². The van der Waals surface area contributed by atoms with Crippen LogP contribution in [0, 0.1) is 12.8 Å². The Morgan fingerprint density at radius 2 is 2.10 bits per heavy atom. The maximum Gasteiger partial charge on any atom is 0.194 e. The van der Waals surface area contributed by atoms with Gasteiger partial charge >= 0.3 is 0 Å². The zero-order valence-corrected chi connectivity index (χ0v) is 12.8. The zero-order valence-electron chi connectivity index (χ0n) is 12.8. The summed E-state index contributed by atoms with van der Waals surface area (Å²) in [6.45, 7) is 8.87. The third-order valence-electron chi connectivity index (χ3n) is 4.67. The Kier molecular flexibility index (Phi) is 3.68. The van der Waals surface area contributed by atoms with E-state index in [-0.39, 0.29) is 0 Å². The number of hydrogen-bond acceptors (Lipinski definition) is 3. The monoisotopic (exact) mass is 271 g/mol. The Morgan fingerprint density at radius 3 is 2.90 bits per heavy atom. The normalized spacial score (nSPS) is 26.9. The quantitative estimate of drug-likeness (QED) is 0.895. The third kappa shape index (κ3) is 2.54. The molecule has 0 aliphatic carbocycles. The molecule has 1 aromatic rings. The van der Waals surface area contributed by atoms with E-state index in [1.54, 1.807) is 0 Å². The molecule has 3 heteroatoms. The maximum absolute atomic E-state index is 4.74. The van der Waals surface area contributed by atoms with Crippen molar-refractivity contribution in [2.45, 2.75) is 45.7 Å². The number of hydrogen-bond donors (Lipinski definition) is 1. The Labute approximate surface area is 122 Å². The first-order valence-corrected chi connectivity index (χ1v) is 7.78. The average molecular weight is 271 g/mol. The van der Waals surface area contributed by atoms with Gasteiger partial charge in [0.15, 0.2) is 5.96 Å². The van der Waals surface area contributed by atoms with Gasteiger partial charge in [-0.15, -0.1) is 0 Å². The van der Waals surface area contributed by atoms with E-state index in [0.717, 1.165) is 25.0 Å². The van der Waals surface area contributed by atoms with Crippen LogP contribution in [-0.2, 0) is 0 Å². The number of fused-ring (bicyclic) bond motifs is 1. The largest absolute Gasteiger partial charge is 0.350 e. The fourth-order valence-corrected chi connectivity index (χ4v) is 3.41. The highest BCUT2D eigenvalue weighted by atomic mass is 15.4. The zero-order chi connectivity index (χ0) is 14.1. The van der Waals surface area contributed by atoms with E-state index in [1.165, 1.54) is 24.0 Å². The maximum atomic E-state index is 4.74. The molecule has 2 aliphatic heterocycles. The van der Waals surface area contributed by atoms with E-state index < -0.39 is 0 Å². The molecule has 1 fully saturated rings. The van der Waals surface area contributed by atoms with Crippen molar-refractivity contribution in [1.29, 1.82) is 0 Å². The number of aryl methyl sites for hydroxylation is 1. The van der Waals surface area contributed by atoms with Gasteiger partial charge in [-0.1, -0.05) is 31.2 Å². The number of benzene rings is 1. The van der Waals surface area contributed by atoms with Crippen LogP contribution in [0.15, 0.2) is 29.3 Å². The second kappa shape index (κ2) is 5.47. The standard InChI is InChI=1S/C17H25N3/c1-12-8-9-15-10-18-17(20(15)11-12)19-14(3)16-7-5-4-6-13(16)2/h4-7,12,14-15H,8-11H2,1-3H3,(H,18,19). The SMILES string of the molecule is Cc1ccccc1C(C)NC1=NCC2CCC(C)CN12. The van der Waals surface area contributed by atoms with Crippen LogP contribution >= 0.6 is 0 Å². The molecule has 2 aliphatic rings. The van der Waals surface area contributed by atoms with Gasteiger partial charge in [-0.05, 0) is 43.7 Å². The number of nitrogens with zero attached hydrogens (tertiary/aromatic N) is 2. The predicted molar refractivity (Wildman–Crippen MR) is 83.9 cm³/mol. The van der Waals surface area contributed by atoms with Crippen molar-refractivity contribution in [2.75, 3.05) is 13.1 Å². The van der Waals surface area contributed by atoms with Crippen LogP contribution in [0.4, 0.5) is 0 Å². The molecule has 1 N–H and O–H groups in total. The summed E-state index contributed by atoms with van der Waals surface area (Å²) >= 11 is 0. The fraction of sp³-hybridized carbons (Fsp3) is 0.588. The Morgan fingerprint density at radius 1 is 1.30 bits per heavy atom. The third-order valence-corrected chi connectivity index (χ3v) is 4.67. The summed E-state index contributed by atoms with van der Waals surface area (Å²) in [5.41, 5.74) is 2.71. The topological polar surface area (TPSA) is 27.6 Å². The van der Waals surface area contributed by atoms with Crippen molar-refractivity contribution in [2.24, 2.45) is 10.9 Å². The number of piperidine rings is 1. The molecule has 1 saturated heterocycles. The van der Waals surface area contributed by atoms with Gasteiger partial charge < -0.3 is 10.2 Å². The number of nitrogens with one attached hydrogen (secondary N) is 1. The highest BCUT2D eigenvalue weighted by Gasteiger charge is 2.33. The van der Waals surface area contributed by atoms with Crippen LogP contribution in [-0.4, -0.2) is 30.0 Å². The van der Waals surface area contributed by atoms with Crippen LogP contribution in [0.1, 0.15) is 43.9 Å². The van der Waals surface area contributed by atoms with Crippen molar-refractivity contribution in [3.05, 3.63) is 35.4 Å². The fourth-order valence-electron chi connectivity index (χ4n) is 3.41. The van der Waals surface area contributed by atoms with Gasteiger partial charge in [0, 0.05) is 6.54 Å². The first-order chi connectivity index (χ1) is 9.65. The number of guanidine groups is 1. The second-order valence-electron chi connectivity index (χ2n) is 6.38. The number of rotatable bonds is 2. The van der Waals surface area contributed by atoms with Gasteiger partial charge in [0.1, 0.15) is 0 Å². The number of aliphatic imine (C=N–C) groups is 1. The van der Waals surface area contributed by atoms with Crippen molar-refractivity contribution in [3.8, 4) is 0 Å². The Bertz CT molecular complexity index is 509. The minimum atomic E-state index is 0.311. The van der Waals surface area contributed by atoms with Crippen LogP contribution < -0.4 is 5.32 Å². The molecule has 0 radical (unpaired) electrons. The summed E-state index contributed by atoms with van der Waals surface area (Å²) in [5.74, 6) is 1.89. The Hall–Kier alpha value is -1.51. The highest BCUT2D eigenvalue weighted by molar-refractivity contribution is 5.82. The molecule has 0 amide bonds. The minimum Gasteiger partial charge on any atom is -0.350 e. The summed E-state index contributed by atoms with van der Waals surface area (Å²) < 4.78 is 0. The molecule has 0 saturated carbocycles. The molecule has 3 rings (SSSR count). The molecule has 20 heavy (non-hydrogen) atoms. The first kappa shape index (κ1) is 13.5. The van der Waals surface area contributed by atoms with E-state index in [1.807, 2.05) is 0 Å². The molecule has 1 aromatic carbocycles. The lowest BCUT2D eigenvalue weighted by atomic mass is 9.95. The molecular formula is C17H25N3. The molecule has 3 unspecified atom stereocenters. The van der Waals surface area contributed by atoms with E-state index in [4.69, 9.17) is 4.99 Å². The van der Waals surface area contributed by atoms with Gasteiger partial charge in [-0.25, -0.2) is 0 Å². The van der Waals surface area contributed by atoms with E-state index in [2.05, 4.69) is 55.3 Å². The molecule has 3 atom stereocenters. The molecular weight excluding hydrogens is 246 g/mol. The lowest BCUT2D eigenvalue weighted by Crippen LogP contribution is -2.48. The van der Waals surface area contributed by atoms with E-state index in [0.29, 0.717) is 12.1 Å². The molecule has 0 aromatic heterocycles. The lowest BCUT2D eigenvalue weighted by Gasteiger charge is -2.36. The van der Waals surface area contributed by atoms with Crippen LogP contribution in [0.25, 0.3) is 0 Å². The summed E-state index contributed by atoms with van der Waals surface area (Å²) in [6.07, 6.45) is 2.63. The lowest BCUT2D eigenvalue weighted by molar-refractivity contribution is 0.210. The van der Waals surface area contributed by atoms with Gasteiger partial charge in [-0.2, -0.15) is 0 Å². The Balaban J connectivity index is 1.70. The van der Waals surface area contributed by atoms with Gasteiger partial charge in [-0.3, -0.25) is 4.99 Å². The smallest absolute Gasteiger partial charge is 0.194 e. The van der Waals surface area contributed by atoms with E-state index >= 15 is 0 Å². The second-order valence-corrected chi connectivity index (χ2v) is 6.38. The van der Waals surface area contributed by atoms with Crippen LogP contribution in [0.3, 0.4) is 0 Å². The van der Waals surface area contributed by atoms with Gasteiger partial charge in [0.25, 0.3) is 0 Å². The van der Waals surface area contributed by atoms with Crippen LogP contribution in [0.5, 0.6) is 0 Å². The summed E-state index contributed by atoms with van der Waals surface area (Å²) in [4.78, 5) is 7.23. The predicted octanol–water partition coefficient (Wildman–Crippen LogP) is 3.12. The van der Waals surface area contributed by atoms with Gasteiger partial charge in [0.05, 0.1) is 18.6 Å². The van der Waals surface area contributed by atoms with Crippen molar-refractivity contribution < 1.29 is 0 Å². The van der Waals surface area contributed by atoms with Crippen LogP contribution in [0.2, 0.25) is 0 Å². The minimum absolute atomic E-state index is 0.311. The summed E-state index contributed by atoms with van der Waals surface area (Å²) in [6, 6.07) is 9.54. The molecule has 2 heterocycles. The van der Waals surface area contributed by atoms with Gasteiger partial charge in [0.2, 0.25) is 0 Å². The molecule has 108 valence electrons. The van der Waals surface area contributed by atoms with E-state index in [9.17, 15) is 0 Å². The first-order valence-electron chi connectivity index (χ1n) is 7.78. The summed E-state index contributed by atoms with van der Waals surface area (Å²) in [5, 5.41) is 3.63. The molecule has 0 spiro atoms. The molecule has 0 bridgehead atoms. The molecule has 3 nitrogen and oxygen atoms in total.